The van der Waals surface area contributed by atoms with Gasteiger partial charge in [0.15, 0.2) is 8.24 Å². The van der Waals surface area contributed by atoms with Crippen molar-refractivity contribution >= 4 is 8.24 Å². The van der Waals surface area contributed by atoms with Crippen molar-refractivity contribution in [1.82, 2.24) is 4.57 Å². The van der Waals surface area contributed by atoms with Crippen molar-refractivity contribution in [2.75, 3.05) is 6.54 Å². The van der Waals surface area contributed by atoms with Gasteiger partial charge in [-0.1, -0.05) is 78.0 Å². The zero-order chi connectivity index (χ0) is 15.6. The highest BCUT2D eigenvalue weighted by Gasteiger charge is 2.48. The maximum absolute atomic E-state index is 2.77. The number of nitrogens with zero attached hydrogens (tertiary/aromatic N) is 1. The second kappa shape index (κ2) is 6.39. The number of rotatable bonds is 5. The molecule has 1 aliphatic heterocycles. The Kier molecular flexibility index (Phi) is 4.98. The molecule has 0 radical (unpaired) electrons. The van der Waals surface area contributed by atoms with Crippen LogP contribution in [-0.2, 0) is 0 Å². The lowest BCUT2D eigenvalue weighted by molar-refractivity contribution is 0.515. The fraction of sp³-hybridized carbons (Fsp3) is 0.579. The van der Waals surface area contributed by atoms with Gasteiger partial charge in [-0.15, -0.1) is 0 Å². The summed E-state index contributed by atoms with van der Waals surface area (Å²) in [5.41, 5.74) is 3.78. The van der Waals surface area contributed by atoms with Crippen LogP contribution < -0.4 is 0 Å². The maximum Gasteiger partial charge on any atom is 0.163 e. The molecule has 1 atom stereocenters. The van der Waals surface area contributed by atoms with Crippen LogP contribution in [0.1, 0.15) is 53.0 Å². The molecule has 0 amide bonds. The van der Waals surface area contributed by atoms with Crippen molar-refractivity contribution < 1.29 is 0 Å². The second-order valence-corrected chi connectivity index (χ2v) is 13.2. The summed E-state index contributed by atoms with van der Waals surface area (Å²) in [7, 11) is -1.52. The SMILES string of the molecule is CC(C)[Si](C(C)C)(C(C)C)N1C=CC(c2ccccc2)C1. The molecule has 0 bridgehead atoms. The first-order chi connectivity index (χ1) is 9.90. The van der Waals surface area contributed by atoms with Crippen molar-refractivity contribution in [2.24, 2.45) is 0 Å². The Morgan fingerprint density at radius 3 is 1.90 bits per heavy atom. The van der Waals surface area contributed by atoms with Gasteiger partial charge in [-0.25, -0.2) is 0 Å². The van der Waals surface area contributed by atoms with Crippen molar-refractivity contribution in [3.8, 4) is 0 Å². The van der Waals surface area contributed by atoms with E-state index in [0.29, 0.717) is 5.92 Å². The molecule has 2 heteroatoms. The first kappa shape index (κ1) is 16.3. The van der Waals surface area contributed by atoms with Gasteiger partial charge in [0.1, 0.15) is 0 Å². The Labute approximate surface area is 132 Å². The third-order valence-corrected chi connectivity index (χ3v) is 12.3. The van der Waals surface area contributed by atoms with Crippen molar-refractivity contribution in [3.05, 3.63) is 48.2 Å². The molecule has 1 heterocycles. The second-order valence-electron chi connectivity index (χ2n) is 7.36. The van der Waals surface area contributed by atoms with E-state index < -0.39 is 8.24 Å². The van der Waals surface area contributed by atoms with Crippen LogP contribution in [0.2, 0.25) is 16.6 Å². The van der Waals surface area contributed by atoms with Crippen LogP contribution in [-0.4, -0.2) is 19.3 Å². The standard InChI is InChI=1S/C19H31NSi/c1-15(2)21(16(3)4,17(5)6)20-13-12-19(14-20)18-10-8-7-9-11-18/h7-13,15-17,19H,14H2,1-6H3. The summed E-state index contributed by atoms with van der Waals surface area (Å²) in [4.78, 5) is 0. The van der Waals surface area contributed by atoms with Gasteiger partial charge in [0, 0.05) is 12.5 Å². The fourth-order valence-electron chi connectivity index (χ4n) is 4.74. The van der Waals surface area contributed by atoms with Crippen LogP contribution in [0, 0.1) is 0 Å². The molecule has 0 fully saturated rings. The molecular weight excluding hydrogens is 270 g/mol. The van der Waals surface area contributed by atoms with Gasteiger partial charge in [0.05, 0.1) is 0 Å². The Morgan fingerprint density at radius 2 is 1.43 bits per heavy atom. The van der Waals surface area contributed by atoms with Crippen LogP contribution in [0.4, 0.5) is 0 Å². The van der Waals surface area contributed by atoms with E-state index in [1.807, 2.05) is 0 Å². The van der Waals surface area contributed by atoms with E-state index in [0.717, 1.165) is 16.6 Å². The lowest BCUT2D eigenvalue weighted by atomic mass is 10.0. The summed E-state index contributed by atoms with van der Waals surface area (Å²) in [6.45, 7) is 15.8. The Balaban J connectivity index is 2.28. The monoisotopic (exact) mass is 301 g/mol. The van der Waals surface area contributed by atoms with E-state index in [1.165, 1.54) is 12.1 Å². The molecule has 0 N–H and O–H groups in total. The number of hydrogen-bond donors (Lipinski definition) is 0. The van der Waals surface area contributed by atoms with Crippen LogP contribution >= 0.6 is 0 Å². The van der Waals surface area contributed by atoms with Crippen molar-refractivity contribution in [1.29, 1.82) is 0 Å². The third kappa shape index (κ3) is 2.83. The summed E-state index contributed by atoms with van der Waals surface area (Å²) in [5, 5.41) is 0. The van der Waals surface area contributed by atoms with Gasteiger partial charge in [-0.2, -0.15) is 0 Å². The first-order valence-corrected chi connectivity index (χ1v) is 10.6. The van der Waals surface area contributed by atoms with Gasteiger partial charge in [0.2, 0.25) is 0 Å². The summed E-state index contributed by atoms with van der Waals surface area (Å²) in [6.07, 6.45) is 4.84. The molecule has 1 aromatic rings. The third-order valence-electron chi connectivity index (χ3n) is 5.39. The van der Waals surface area contributed by atoms with Gasteiger partial charge in [-0.3, -0.25) is 0 Å². The lowest BCUT2D eigenvalue weighted by Crippen LogP contribution is -2.57. The highest BCUT2D eigenvalue weighted by atomic mass is 28.3. The fourth-order valence-corrected chi connectivity index (χ4v) is 11.6. The van der Waals surface area contributed by atoms with Gasteiger partial charge >= 0.3 is 0 Å². The number of benzene rings is 1. The maximum atomic E-state index is 2.77. The molecule has 2 rings (SSSR count). The molecule has 0 spiro atoms. The Bertz CT molecular complexity index is 454. The normalized spacial score (nSPS) is 19.3. The molecule has 116 valence electrons. The summed E-state index contributed by atoms with van der Waals surface area (Å²) in [6, 6.07) is 11.0. The van der Waals surface area contributed by atoms with E-state index in [4.69, 9.17) is 0 Å². The molecule has 1 unspecified atom stereocenters. The molecule has 1 nitrogen and oxygen atoms in total. The Morgan fingerprint density at radius 1 is 0.905 bits per heavy atom. The summed E-state index contributed by atoms with van der Waals surface area (Å²) < 4.78 is 2.77. The average Bonchev–Trinajstić information content (AvgIpc) is 2.89. The molecule has 0 saturated carbocycles. The predicted octanol–water partition coefficient (Wildman–Crippen LogP) is 5.78. The number of hydrogen-bond acceptors (Lipinski definition) is 1. The summed E-state index contributed by atoms with van der Waals surface area (Å²) >= 11 is 0. The summed E-state index contributed by atoms with van der Waals surface area (Å²) in [5.74, 6) is 0.564. The smallest absolute Gasteiger partial charge is 0.163 e. The van der Waals surface area contributed by atoms with Gasteiger partial charge in [0.25, 0.3) is 0 Å². The molecule has 1 aromatic carbocycles. The highest BCUT2D eigenvalue weighted by Crippen LogP contribution is 2.46. The van der Waals surface area contributed by atoms with Crippen molar-refractivity contribution in [3.63, 3.8) is 0 Å². The van der Waals surface area contributed by atoms with Crippen molar-refractivity contribution in [2.45, 2.75) is 64.1 Å². The first-order valence-electron chi connectivity index (χ1n) is 8.40. The van der Waals surface area contributed by atoms with E-state index in [-0.39, 0.29) is 0 Å². The van der Waals surface area contributed by atoms with E-state index in [9.17, 15) is 0 Å². The topological polar surface area (TPSA) is 3.24 Å². The molecule has 1 aliphatic rings. The minimum Gasteiger partial charge on any atom is -0.402 e. The predicted molar refractivity (Wildman–Crippen MR) is 96.1 cm³/mol. The van der Waals surface area contributed by atoms with Crippen LogP contribution in [0.25, 0.3) is 0 Å². The molecule has 0 aromatic heterocycles. The van der Waals surface area contributed by atoms with Crippen LogP contribution in [0.3, 0.4) is 0 Å². The lowest BCUT2D eigenvalue weighted by Gasteiger charge is -2.50. The van der Waals surface area contributed by atoms with Gasteiger partial charge in [-0.05, 0) is 28.4 Å². The molecule has 0 aliphatic carbocycles. The van der Waals surface area contributed by atoms with Crippen LogP contribution in [0.15, 0.2) is 42.6 Å². The molecule has 0 saturated heterocycles. The minimum absolute atomic E-state index is 0.564. The van der Waals surface area contributed by atoms with E-state index in [1.54, 1.807) is 0 Å². The zero-order valence-corrected chi connectivity index (χ0v) is 15.5. The van der Waals surface area contributed by atoms with Gasteiger partial charge < -0.3 is 4.57 Å². The average molecular weight is 302 g/mol. The quantitative estimate of drug-likeness (QED) is 0.624. The molecule has 21 heavy (non-hydrogen) atoms. The molecular formula is C19H31NSi. The van der Waals surface area contributed by atoms with E-state index in [2.05, 4.69) is 88.7 Å². The largest absolute Gasteiger partial charge is 0.402 e. The minimum atomic E-state index is -1.52. The van der Waals surface area contributed by atoms with E-state index >= 15 is 0 Å². The Hall–Kier alpha value is -1.02. The highest BCUT2D eigenvalue weighted by molar-refractivity contribution is 6.81. The zero-order valence-electron chi connectivity index (χ0n) is 14.5. The van der Waals surface area contributed by atoms with Crippen LogP contribution in [0.5, 0.6) is 0 Å².